The molecule has 138 valence electrons. The van der Waals surface area contributed by atoms with Gasteiger partial charge in [-0.3, -0.25) is 4.79 Å². The van der Waals surface area contributed by atoms with Crippen LogP contribution in [0.25, 0.3) is 0 Å². The quantitative estimate of drug-likeness (QED) is 0.264. The van der Waals surface area contributed by atoms with E-state index in [9.17, 15) is 4.79 Å². The molecule has 1 aliphatic carbocycles. The lowest BCUT2D eigenvalue weighted by atomic mass is 9.80. The molecule has 0 saturated heterocycles. The summed E-state index contributed by atoms with van der Waals surface area (Å²) in [5.74, 6) is 6.34. The fourth-order valence-corrected chi connectivity index (χ4v) is 3.63. The molecule has 0 N–H and O–H groups in total. The Morgan fingerprint density at radius 1 is 1.08 bits per heavy atom. The number of rotatable bonds is 8. The van der Waals surface area contributed by atoms with Crippen molar-refractivity contribution >= 4 is 5.97 Å². The summed E-state index contributed by atoms with van der Waals surface area (Å²) in [5.41, 5.74) is 0.741. The molecular weight excluding hydrogens is 322 g/mol. The monoisotopic (exact) mass is 351 g/mol. The fourth-order valence-electron chi connectivity index (χ4n) is 3.63. The number of hydrogen-bond acceptors (Lipinski definition) is 3. The van der Waals surface area contributed by atoms with Gasteiger partial charge in [0, 0.05) is 11.5 Å². The summed E-state index contributed by atoms with van der Waals surface area (Å²) < 4.78 is 5.52. The number of carbonyl (C=O) groups excluding carboxylic acids is 1. The van der Waals surface area contributed by atoms with Gasteiger partial charge in [0.2, 0.25) is 0 Å². The summed E-state index contributed by atoms with van der Waals surface area (Å²) in [4.78, 5) is 12.4. The van der Waals surface area contributed by atoms with Crippen LogP contribution in [-0.4, -0.2) is 5.97 Å². The van der Waals surface area contributed by atoms with Crippen molar-refractivity contribution in [2.24, 2.45) is 11.8 Å². The minimum absolute atomic E-state index is 0.0319. The number of unbranched alkanes of at least 4 members (excludes halogenated alkanes) is 4. The normalized spacial score (nSPS) is 19.1. The summed E-state index contributed by atoms with van der Waals surface area (Å²) in [6, 6.07) is 8.79. The zero-order valence-electron chi connectivity index (χ0n) is 15.8. The van der Waals surface area contributed by atoms with Gasteiger partial charge in [0.05, 0.1) is 5.92 Å². The zero-order valence-corrected chi connectivity index (χ0v) is 15.8. The van der Waals surface area contributed by atoms with E-state index in [0.29, 0.717) is 5.75 Å². The molecule has 3 nitrogen and oxygen atoms in total. The van der Waals surface area contributed by atoms with Gasteiger partial charge in [0.25, 0.3) is 0 Å². The minimum atomic E-state index is -0.109. The van der Waals surface area contributed by atoms with Gasteiger partial charge in [-0.25, -0.2) is 0 Å². The van der Waals surface area contributed by atoms with Gasteiger partial charge in [-0.1, -0.05) is 51.4 Å². The lowest BCUT2D eigenvalue weighted by Crippen LogP contribution is -2.25. The SMILES string of the molecule is CCCCCCC[C@H]1CC[C@H](C(=O)Oc2ccc(C#CC#N)cc2)CC1. The van der Waals surface area contributed by atoms with Crippen LogP contribution in [0.4, 0.5) is 0 Å². The van der Waals surface area contributed by atoms with E-state index in [-0.39, 0.29) is 11.9 Å². The summed E-state index contributed by atoms with van der Waals surface area (Å²) >= 11 is 0. The highest BCUT2D eigenvalue weighted by molar-refractivity contribution is 5.75. The van der Waals surface area contributed by atoms with Crippen LogP contribution in [0.1, 0.15) is 76.7 Å². The lowest BCUT2D eigenvalue weighted by Gasteiger charge is -2.27. The fraction of sp³-hybridized carbons (Fsp3) is 0.565. The van der Waals surface area contributed by atoms with E-state index >= 15 is 0 Å². The third kappa shape index (κ3) is 6.93. The maximum absolute atomic E-state index is 12.4. The molecule has 0 atom stereocenters. The Kier molecular flexibility index (Phi) is 8.77. The Morgan fingerprint density at radius 3 is 2.42 bits per heavy atom. The first-order chi connectivity index (χ1) is 12.7. The first kappa shape index (κ1) is 20.1. The van der Waals surface area contributed by atoms with Gasteiger partial charge in [-0.05, 0) is 55.9 Å². The molecule has 0 spiro atoms. The number of nitriles is 1. The van der Waals surface area contributed by atoms with Crippen molar-refractivity contribution in [3.8, 4) is 23.7 Å². The molecular formula is C23H29NO2. The molecule has 0 radical (unpaired) electrons. The van der Waals surface area contributed by atoms with E-state index < -0.39 is 0 Å². The molecule has 1 aromatic carbocycles. The molecule has 26 heavy (non-hydrogen) atoms. The summed E-state index contributed by atoms with van der Waals surface area (Å²) in [6.07, 6.45) is 12.2. The number of esters is 1. The van der Waals surface area contributed by atoms with Crippen LogP contribution in [0.2, 0.25) is 0 Å². The van der Waals surface area contributed by atoms with Crippen LogP contribution in [0.5, 0.6) is 5.75 Å². The smallest absolute Gasteiger partial charge is 0.314 e. The van der Waals surface area contributed by atoms with Crippen molar-refractivity contribution < 1.29 is 9.53 Å². The van der Waals surface area contributed by atoms with Crippen molar-refractivity contribution in [2.75, 3.05) is 0 Å². The third-order valence-corrected chi connectivity index (χ3v) is 5.23. The van der Waals surface area contributed by atoms with Gasteiger partial charge in [0.1, 0.15) is 5.75 Å². The van der Waals surface area contributed by atoms with Crippen LogP contribution < -0.4 is 4.74 Å². The molecule has 1 aromatic rings. The number of nitrogens with zero attached hydrogens (tertiary/aromatic N) is 1. The molecule has 2 rings (SSSR count). The predicted octanol–water partition coefficient (Wildman–Crippen LogP) is 5.63. The Morgan fingerprint density at radius 2 is 1.77 bits per heavy atom. The molecule has 1 aliphatic rings. The number of ether oxygens (including phenoxy) is 1. The summed E-state index contributed by atoms with van der Waals surface area (Å²) in [5, 5.41) is 8.45. The van der Waals surface area contributed by atoms with Crippen molar-refractivity contribution in [1.82, 2.24) is 0 Å². The molecule has 0 aromatic heterocycles. The van der Waals surface area contributed by atoms with Gasteiger partial charge in [-0.15, -0.1) is 0 Å². The van der Waals surface area contributed by atoms with Crippen molar-refractivity contribution in [3.05, 3.63) is 29.8 Å². The highest BCUT2D eigenvalue weighted by Gasteiger charge is 2.27. The molecule has 1 saturated carbocycles. The molecule has 3 heteroatoms. The van der Waals surface area contributed by atoms with Crippen LogP contribution in [0.15, 0.2) is 24.3 Å². The highest BCUT2D eigenvalue weighted by atomic mass is 16.5. The molecule has 0 amide bonds. The number of hydrogen-bond donors (Lipinski definition) is 0. The highest BCUT2D eigenvalue weighted by Crippen LogP contribution is 2.33. The summed E-state index contributed by atoms with van der Waals surface area (Å²) in [7, 11) is 0. The van der Waals surface area contributed by atoms with Gasteiger partial charge < -0.3 is 4.74 Å². The maximum atomic E-state index is 12.4. The van der Waals surface area contributed by atoms with Crippen molar-refractivity contribution in [2.45, 2.75) is 71.1 Å². The van der Waals surface area contributed by atoms with Crippen LogP contribution in [0.3, 0.4) is 0 Å². The number of benzene rings is 1. The Hall–Kier alpha value is -2.26. The van der Waals surface area contributed by atoms with E-state index in [0.717, 1.165) is 37.2 Å². The molecule has 0 heterocycles. The third-order valence-electron chi connectivity index (χ3n) is 5.23. The first-order valence-electron chi connectivity index (χ1n) is 9.94. The molecule has 0 unspecified atom stereocenters. The predicted molar refractivity (Wildman–Crippen MR) is 103 cm³/mol. The van der Waals surface area contributed by atoms with E-state index in [1.54, 1.807) is 30.3 Å². The Labute approximate surface area is 157 Å². The van der Waals surface area contributed by atoms with E-state index in [1.807, 2.05) is 0 Å². The standard InChI is InChI=1S/C23H29NO2/c1-2-3-4-5-6-8-19-10-14-21(15-11-19)23(25)26-22-16-12-20(13-17-22)9-7-18-24/h12-13,16-17,19,21H,2-6,8,10-11,14-15H2,1H3/t19-,21-. The van der Waals surface area contributed by atoms with Crippen LogP contribution >= 0.6 is 0 Å². The van der Waals surface area contributed by atoms with E-state index in [4.69, 9.17) is 10.00 Å². The van der Waals surface area contributed by atoms with Gasteiger partial charge in [-0.2, -0.15) is 5.26 Å². The van der Waals surface area contributed by atoms with E-state index in [2.05, 4.69) is 18.8 Å². The zero-order chi connectivity index (χ0) is 18.6. The molecule has 0 bridgehead atoms. The Bertz CT molecular complexity index is 652. The first-order valence-corrected chi connectivity index (χ1v) is 9.94. The van der Waals surface area contributed by atoms with Gasteiger partial charge in [0.15, 0.2) is 6.07 Å². The lowest BCUT2D eigenvalue weighted by molar-refractivity contribution is -0.140. The molecule has 0 aliphatic heterocycles. The second kappa shape index (κ2) is 11.4. The Balaban J connectivity index is 1.70. The van der Waals surface area contributed by atoms with Crippen LogP contribution in [0, 0.1) is 35.0 Å². The van der Waals surface area contributed by atoms with Crippen molar-refractivity contribution in [1.29, 1.82) is 5.26 Å². The average molecular weight is 351 g/mol. The largest absolute Gasteiger partial charge is 0.426 e. The maximum Gasteiger partial charge on any atom is 0.314 e. The second-order valence-corrected chi connectivity index (χ2v) is 7.23. The second-order valence-electron chi connectivity index (χ2n) is 7.23. The van der Waals surface area contributed by atoms with Crippen molar-refractivity contribution in [3.63, 3.8) is 0 Å². The van der Waals surface area contributed by atoms with Gasteiger partial charge >= 0.3 is 5.97 Å². The average Bonchev–Trinajstić information content (AvgIpc) is 2.68. The topological polar surface area (TPSA) is 50.1 Å². The van der Waals surface area contributed by atoms with Crippen LogP contribution in [-0.2, 0) is 4.79 Å². The minimum Gasteiger partial charge on any atom is -0.426 e. The summed E-state index contributed by atoms with van der Waals surface area (Å²) in [6.45, 7) is 2.25. The van der Waals surface area contributed by atoms with E-state index in [1.165, 1.54) is 38.5 Å². The number of carbonyl (C=O) groups is 1. The molecule has 1 fully saturated rings.